The number of fused-ring (bicyclic) bond motifs is 2. The third-order valence-corrected chi connectivity index (χ3v) is 5.28. The summed E-state index contributed by atoms with van der Waals surface area (Å²) in [5, 5.41) is 13.8. The number of nitro benzene ring substituents is 1. The lowest BCUT2D eigenvalue weighted by Gasteiger charge is -2.16. The van der Waals surface area contributed by atoms with Gasteiger partial charge in [0.25, 0.3) is 17.5 Å². The Balaban J connectivity index is 1.32. The minimum Gasteiger partial charge on any atom is -0.489 e. The molecule has 0 bridgehead atoms. The second-order valence-electron chi connectivity index (χ2n) is 7.53. The SMILES string of the molecule is C=C1c2ccccc2C(=O)N1CCC(=O)OCC(=O)Nc1cc2c(cc1[N+](=O)[O-])OCCCO2. The van der Waals surface area contributed by atoms with E-state index in [1.165, 1.54) is 17.0 Å². The fraction of sp³-hybridized carbons (Fsp3) is 0.261. The zero-order valence-corrected chi connectivity index (χ0v) is 18.1. The highest BCUT2D eigenvalue weighted by molar-refractivity contribution is 6.08. The van der Waals surface area contributed by atoms with Gasteiger partial charge >= 0.3 is 5.97 Å². The highest BCUT2D eigenvalue weighted by Crippen LogP contribution is 2.39. The van der Waals surface area contributed by atoms with E-state index in [4.69, 9.17) is 14.2 Å². The summed E-state index contributed by atoms with van der Waals surface area (Å²) in [5.74, 6) is -1.24. The first-order chi connectivity index (χ1) is 16.3. The van der Waals surface area contributed by atoms with E-state index >= 15 is 0 Å². The first-order valence-electron chi connectivity index (χ1n) is 10.5. The van der Waals surface area contributed by atoms with Crippen molar-refractivity contribution in [3.8, 4) is 11.5 Å². The van der Waals surface area contributed by atoms with E-state index in [0.717, 1.165) is 0 Å². The molecule has 4 rings (SSSR count). The number of hydrogen-bond acceptors (Lipinski definition) is 8. The number of esters is 1. The van der Waals surface area contributed by atoms with Crippen molar-refractivity contribution in [1.82, 2.24) is 4.90 Å². The number of carbonyl (C=O) groups excluding carboxylic acids is 3. The Kier molecular flexibility index (Phi) is 6.44. The van der Waals surface area contributed by atoms with Crippen LogP contribution in [-0.4, -0.2) is 54.0 Å². The lowest BCUT2D eigenvalue weighted by Crippen LogP contribution is -2.27. The average Bonchev–Trinajstić information content (AvgIpc) is 2.96. The molecule has 0 saturated carbocycles. The summed E-state index contributed by atoms with van der Waals surface area (Å²) in [5.41, 5.74) is 1.23. The molecule has 2 aromatic rings. The Morgan fingerprint density at radius 3 is 2.50 bits per heavy atom. The van der Waals surface area contributed by atoms with E-state index in [-0.39, 0.29) is 41.7 Å². The molecule has 2 aromatic carbocycles. The van der Waals surface area contributed by atoms with Gasteiger partial charge in [0, 0.05) is 35.9 Å². The molecule has 0 aliphatic carbocycles. The maximum Gasteiger partial charge on any atom is 0.308 e. The molecule has 0 fully saturated rings. The lowest BCUT2D eigenvalue weighted by molar-refractivity contribution is -0.384. The topological polar surface area (TPSA) is 137 Å². The molecule has 34 heavy (non-hydrogen) atoms. The van der Waals surface area contributed by atoms with Crippen LogP contribution in [0.1, 0.15) is 28.8 Å². The van der Waals surface area contributed by atoms with Gasteiger partial charge in [-0.3, -0.25) is 24.5 Å². The first-order valence-corrected chi connectivity index (χ1v) is 10.5. The quantitative estimate of drug-likeness (QED) is 0.373. The van der Waals surface area contributed by atoms with Crippen LogP contribution >= 0.6 is 0 Å². The van der Waals surface area contributed by atoms with Crippen LogP contribution in [0.5, 0.6) is 11.5 Å². The van der Waals surface area contributed by atoms with E-state index < -0.39 is 23.4 Å². The van der Waals surface area contributed by atoms with Crippen LogP contribution in [0, 0.1) is 10.1 Å². The van der Waals surface area contributed by atoms with Crippen LogP contribution in [0.15, 0.2) is 43.0 Å². The van der Waals surface area contributed by atoms with Crippen molar-refractivity contribution >= 4 is 34.9 Å². The predicted octanol–water partition coefficient (Wildman–Crippen LogP) is 2.75. The van der Waals surface area contributed by atoms with Gasteiger partial charge in [-0.25, -0.2) is 0 Å². The maximum atomic E-state index is 12.5. The molecule has 2 amide bonds. The van der Waals surface area contributed by atoms with Crippen molar-refractivity contribution in [3.63, 3.8) is 0 Å². The largest absolute Gasteiger partial charge is 0.489 e. The normalized spacial score (nSPS) is 14.3. The van der Waals surface area contributed by atoms with Crippen molar-refractivity contribution in [1.29, 1.82) is 0 Å². The van der Waals surface area contributed by atoms with Gasteiger partial charge in [-0.1, -0.05) is 24.8 Å². The van der Waals surface area contributed by atoms with Gasteiger partial charge in [-0.15, -0.1) is 0 Å². The summed E-state index contributed by atoms with van der Waals surface area (Å²) >= 11 is 0. The summed E-state index contributed by atoms with van der Waals surface area (Å²) in [6, 6.07) is 9.48. The van der Waals surface area contributed by atoms with Crippen LogP contribution in [0.4, 0.5) is 11.4 Å². The van der Waals surface area contributed by atoms with Gasteiger partial charge in [0.1, 0.15) is 5.69 Å². The molecule has 11 nitrogen and oxygen atoms in total. The molecule has 11 heteroatoms. The molecule has 0 radical (unpaired) electrons. The number of nitrogens with zero attached hydrogens (tertiary/aromatic N) is 2. The van der Waals surface area contributed by atoms with Gasteiger partial charge in [-0.05, 0) is 6.07 Å². The summed E-state index contributed by atoms with van der Waals surface area (Å²) in [6.07, 6.45) is 0.457. The average molecular weight is 467 g/mol. The number of benzene rings is 2. The molecular formula is C23H21N3O8. The Labute approximate surface area is 194 Å². The predicted molar refractivity (Wildman–Crippen MR) is 119 cm³/mol. The minimum absolute atomic E-state index is 0.0421. The fourth-order valence-corrected chi connectivity index (χ4v) is 3.63. The Morgan fingerprint density at radius 1 is 1.15 bits per heavy atom. The summed E-state index contributed by atoms with van der Waals surface area (Å²) in [4.78, 5) is 49.0. The lowest BCUT2D eigenvalue weighted by atomic mass is 10.1. The van der Waals surface area contributed by atoms with Gasteiger partial charge in [-0.2, -0.15) is 0 Å². The van der Waals surface area contributed by atoms with Crippen molar-refractivity contribution in [2.75, 3.05) is 31.7 Å². The van der Waals surface area contributed by atoms with Crippen LogP contribution < -0.4 is 14.8 Å². The number of anilines is 1. The number of hydrogen-bond donors (Lipinski definition) is 1. The van der Waals surface area contributed by atoms with Crippen LogP contribution in [0.3, 0.4) is 0 Å². The van der Waals surface area contributed by atoms with Crippen molar-refractivity contribution in [2.24, 2.45) is 0 Å². The van der Waals surface area contributed by atoms with E-state index in [9.17, 15) is 24.5 Å². The van der Waals surface area contributed by atoms with Crippen LogP contribution in [-0.2, 0) is 14.3 Å². The highest BCUT2D eigenvalue weighted by Gasteiger charge is 2.31. The molecule has 0 atom stereocenters. The van der Waals surface area contributed by atoms with Gasteiger partial charge < -0.3 is 24.4 Å². The summed E-state index contributed by atoms with van der Waals surface area (Å²) < 4.78 is 15.9. The highest BCUT2D eigenvalue weighted by atomic mass is 16.6. The number of carbonyl (C=O) groups is 3. The number of rotatable bonds is 7. The molecule has 1 N–H and O–H groups in total. The molecule has 0 unspecified atom stereocenters. The van der Waals surface area contributed by atoms with Crippen LogP contribution in [0.2, 0.25) is 0 Å². The van der Waals surface area contributed by atoms with Gasteiger partial charge in [0.2, 0.25) is 0 Å². The third kappa shape index (κ3) is 4.68. The number of nitrogens with one attached hydrogen (secondary N) is 1. The Bertz CT molecular complexity index is 1160. The van der Waals surface area contributed by atoms with E-state index in [1.54, 1.807) is 24.3 Å². The van der Waals surface area contributed by atoms with E-state index in [1.807, 2.05) is 0 Å². The monoisotopic (exact) mass is 467 g/mol. The van der Waals surface area contributed by atoms with Gasteiger partial charge in [0.15, 0.2) is 18.1 Å². The maximum absolute atomic E-state index is 12.5. The Morgan fingerprint density at radius 2 is 1.82 bits per heavy atom. The molecule has 0 saturated heterocycles. The Hall–Kier alpha value is -4.41. The molecule has 0 spiro atoms. The summed E-state index contributed by atoms with van der Waals surface area (Å²) in [7, 11) is 0. The van der Waals surface area contributed by atoms with Gasteiger partial charge in [0.05, 0.1) is 30.6 Å². The molecule has 2 heterocycles. The molecule has 0 aromatic heterocycles. The van der Waals surface area contributed by atoms with Crippen LogP contribution in [0.25, 0.3) is 5.70 Å². The standard InChI is InChI=1S/C23H21N3O8/c1-14-15-5-2-3-6-16(15)23(29)25(14)8-7-22(28)34-13-21(27)24-17-11-19-20(12-18(17)26(30)31)33-10-4-9-32-19/h2-3,5-6,11-12H,1,4,7-10,13H2,(H,24,27). The van der Waals surface area contributed by atoms with E-state index in [2.05, 4.69) is 11.9 Å². The fourth-order valence-electron chi connectivity index (χ4n) is 3.63. The second kappa shape index (κ2) is 9.61. The third-order valence-electron chi connectivity index (χ3n) is 5.28. The molecule has 2 aliphatic rings. The van der Waals surface area contributed by atoms with Crippen molar-refractivity contribution < 1.29 is 33.5 Å². The zero-order chi connectivity index (χ0) is 24.2. The number of amides is 2. The number of ether oxygens (including phenoxy) is 3. The van der Waals surface area contributed by atoms with Crippen molar-refractivity contribution in [3.05, 3.63) is 64.2 Å². The zero-order valence-electron chi connectivity index (χ0n) is 18.1. The smallest absolute Gasteiger partial charge is 0.308 e. The summed E-state index contributed by atoms with van der Waals surface area (Å²) in [6.45, 7) is 4.01. The van der Waals surface area contributed by atoms with Crippen molar-refractivity contribution in [2.45, 2.75) is 12.8 Å². The molecular weight excluding hydrogens is 446 g/mol. The first kappa shape index (κ1) is 22.8. The number of nitro groups is 1. The van der Waals surface area contributed by atoms with E-state index in [0.29, 0.717) is 36.5 Å². The minimum atomic E-state index is -0.764. The second-order valence-corrected chi connectivity index (χ2v) is 7.53. The molecule has 2 aliphatic heterocycles. The molecule has 176 valence electrons.